The van der Waals surface area contributed by atoms with Crippen molar-refractivity contribution in [2.24, 2.45) is 5.41 Å². The van der Waals surface area contributed by atoms with Crippen LogP contribution in [0.25, 0.3) is 22.4 Å². The highest BCUT2D eigenvalue weighted by atomic mass is 19.1. The SMILES string of the molecule is CCc1ncnc(-c2ccc(C(=O)N3CCC4(CNC4)C3)c(F)c2)c1-c1ccc(N)nc1. The Kier molecular flexibility index (Phi) is 5.09. The fraction of sp³-hybridized carbons (Fsp3) is 0.333. The molecule has 3 N–H and O–H groups in total. The van der Waals surface area contributed by atoms with Crippen LogP contribution in [-0.4, -0.2) is 51.9 Å². The first-order valence-electron chi connectivity index (χ1n) is 10.9. The monoisotopic (exact) mass is 432 g/mol. The summed E-state index contributed by atoms with van der Waals surface area (Å²) in [5.41, 5.74) is 9.63. The van der Waals surface area contributed by atoms with Gasteiger partial charge in [0, 0.05) is 54.5 Å². The second-order valence-electron chi connectivity index (χ2n) is 8.64. The fourth-order valence-electron chi connectivity index (χ4n) is 4.65. The van der Waals surface area contributed by atoms with E-state index in [1.165, 1.54) is 12.4 Å². The molecule has 0 radical (unpaired) electrons. The first-order chi connectivity index (χ1) is 15.5. The van der Waals surface area contributed by atoms with Gasteiger partial charge in [0.05, 0.1) is 17.0 Å². The average Bonchev–Trinajstić information content (AvgIpc) is 3.25. The lowest BCUT2D eigenvalue weighted by molar-refractivity contribution is 0.0747. The van der Waals surface area contributed by atoms with Crippen LogP contribution in [0.2, 0.25) is 0 Å². The van der Waals surface area contributed by atoms with Gasteiger partial charge < -0.3 is 16.0 Å². The quantitative estimate of drug-likeness (QED) is 0.658. The lowest BCUT2D eigenvalue weighted by Crippen LogP contribution is -2.55. The first kappa shape index (κ1) is 20.5. The summed E-state index contributed by atoms with van der Waals surface area (Å²) in [4.78, 5) is 27.8. The molecular weight excluding hydrogens is 407 g/mol. The largest absolute Gasteiger partial charge is 0.384 e. The van der Waals surface area contributed by atoms with Gasteiger partial charge in [-0.15, -0.1) is 0 Å². The summed E-state index contributed by atoms with van der Waals surface area (Å²) in [6.45, 7) is 5.20. The van der Waals surface area contributed by atoms with Crippen LogP contribution in [0.1, 0.15) is 29.4 Å². The van der Waals surface area contributed by atoms with E-state index in [0.717, 1.165) is 36.3 Å². The number of nitrogens with zero attached hydrogens (tertiary/aromatic N) is 4. The summed E-state index contributed by atoms with van der Waals surface area (Å²) in [5, 5.41) is 3.28. The predicted octanol–water partition coefficient (Wildman–Crippen LogP) is 2.92. The minimum Gasteiger partial charge on any atom is -0.384 e. The maximum atomic E-state index is 15.2. The van der Waals surface area contributed by atoms with E-state index in [1.54, 1.807) is 29.3 Å². The molecule has 2 aliphatic rings. The summed E-state index contributed by atoms with van der Waals surface area (Å²) in [6, 6.07) is 8.28. The molecule has 7 nitrogen and oxygen atoms in total. The molecule has 2 aliphatic heterocycles. The van der Waals surface area contributed by atoms with E-state index in [2.05, 4.69) is 20.3 Å². The Morgan fingerprint density at radius 3 is 2.62 bits per heavy atom. The van der Waals surface area contributed by atoms with E-state index in [0.29, 0.717) is 36.6 Å². The highest BCUT2D eigenvalue weighted by Gasteiger charge is 2.44. The van der Waals surface area contributed by atoms with Crippen LogP contribution in [0.15, 0.2) is 42.9 Å². The van der Waals surface area contributed by atoms with E-state index in [9.17, 15) is 4.79 Å². The maximum Gasteiger partial charge on any atom is 0.256 e. The molecule has 8 heteroatoms. The van der Waals surface area contributed by atoms with Crippen molar-refractivity contribution in [3.63, 3.8) is 0 Å². The average molecular weight is 433 g/mol. The van der Waals surface area contributed by atoms with Crippen molar-refractivity contribution in [1.82, 2.24) is 25.2 Å². The molecular formula is C24H25FN6O. The van der Waals surface area contributed by atoms with Gasteiger partial charge >= 0.3 is 0 Å². The predicted molar refractivity (Wildman–Crippen MR) is 120 cm³/mol. The van der Waals surface area contributed by atoms with Gasteiger partial charge in [0.25, 0.3) is 5.91 Å². The van der Waals surface area contributed by atoms with Gasteiger partial charge in [0.1, 0.15) is 18.0 Å². The second kappa shape index (κ2) is 7.94. The van der Waals surface area contributed by atoms with Gasteiger partial charge in [-0.05, 0) is 37.1 Å². The van der Waals surface area contributed by atoms with Crippen molar-refractivity contribution >= 4 is 11.7 Å². The molecule has 5 rings (SSSR count). The zero-order valence-electron chi connectivity index (χ0n) is 17.9. The van der Waals surface area contributed by atoms with Crippen molar-refractivity contribution in [3.8, 4) is 22.4 Å². The Bertz CT molecular complexity index is 1180. The van der Waals surface area contributed by atoms with E-state index >= 15 is 4.39 Å². The number of amides is 1. The molecule has 164 valence electrons. The number of aromatic nitrogens is 3. The number of carbonyl (C=O) groups is 1. The van der Waals surface area contributed by atoms with Crippen LogP contribution in [-0.2, 0) is 6.42 Å². The molecule has 32 heavy (non-hydrogen) atoms. The van der Waals surface area contributed by atoms with Crippen LogP contribution in [0.4, 0.5) is 10.2 Å². The van der Waals surface area contributed by atoms with Crippen molar-refractivity contribution in [1.29, 1.82) is 0 Å². The van der Waals surface area contributed by atoms with E-state index in [-0.39, 0.29) is 16.9 Å². The molecule has 0 bridgehead atoms. The number of aryl methyl sites for hydroxylation is 1. The number of pyridine rings is 1. The number of nitrogen functional groups attached to an aromatic ring is 1. The Labute approximate surface area is 185 Å². The molecule has 2 saturated heterocycles. The van der Waals surface area contributed by atoms with Crippen molar-refractivity contribution < 1.29 is 9.18 Å². The lowest BCUT2D eigenvalue weighted by atomic mass is 9.81. The number of likely N-dealkylation sites (tertiary alicyclic amines) is 1. The minimum absolute atomic E-state index is 0.0959. The van der Waals surface area contributed by atoms with Crippen molar-refractivity contribution in [3.05, 3.63) is 59.9 Å². The van der Waals surface area contributed by atoms with Gasteiger partial charge in [0.2, 0.25) is 0 Å². The molecule has 1 spiro atoms. The number of benzene rings is 1. The summed E-state index contributed by atoms with van der Waals surface area (Å²) in [7, 11) is 0. The number of carbonyl (C=O) groups excluding carboxylic acids is 1. The van der Waals surface area contributed by atoms with Gasteiger partial charge in [-0.2, -0.15) is 0 Å². The molecule has 4 heterocycles. The van der Waals surface area contributed by atoms with E-state index in [1.807, 2.05) is 13.0 Å². The third kappa shape index (κ3) is 3.50. The minimum atomic E-state index is -0.543. The molecule has 3 aromatic rings. The maximum absolute atomic E-state index is 15.2. The Balaban J connectivity index is 1.49. The molecule has 0 atom stereocenters. The van der Waals surface area contributed by atoms with Gasteiger partial charge in [-0.25, -0.2) is 19.3 Å². The Morgan fingerprint density at radius 2 is 2.00 bits per heavy atom. The zero-order valence-corrected chi connectivity index (χ0v) is 17.9. The van der Waals surface area contributed by atoms with Gasteiger partial charge in [0.15, 0.2) is 0 Å². The normalized spacial score (nSPS) is 16.9. The van der Waals surface area contributed by atoms with E-state index < -0.39 is 5.82 Å². The van der Waals surface area contributed by atoms with Crippen molar-refractivity contribution in [2.45, 2.75) is 19.8 Å². The molecule has 2 fully saturated rings. The molecule has 1 amide bonds. The highest BCUT2D eigenvalue weighted by Crippen LogP contribution is 2.36. The Hall–Kier alpha value is -3.39. The first-order valence-corrected chi connectivity index (χ1v) is 10.9. The third-order valence-corrected chi connectivity index (χ3v) is 6.53. The van der Waals surface area contributed by atoms with Crippen LogP contribution >= 0.6 is 0 Å². The number of hydrogen-bond acceptors (Lipinski definition) is 6. The molecule has 0 aliphatic carbocycles. The number of rotatable bonds is 4. The van der Waals surface area contributed by atoms with Crippen molar-refractivity contribution in [2.75, 3.05) is 31.9 Å². The highest BCUT2D eigenvalue weighted by molar-refractivity contribution is 5.95. The van der Waals surface area contributed by atoms with E-state index in [4.69, 9.17) is 5.73 Å². The zero-order chi connectivity index (χ0) is 22.3. The number of hydrogen-bond donors (Lipinski definition) is 2. The summed E-state index contributed by atoms with van der Waals surface area (Å²) in [6.07, 6.45) is 4.80. The fourth-order valence-corrected chi connectivity index (χ4v) is 4.65. The van der Waals surface area contributed by atoms with Crippen LogP contribution in [0.3, 0.4) is 0 Å². The second-order valence-corrected chi connectivity index (χ2v) is 8.64. The Morgan fingerprint density at radius 1 is 1.19 bits per heavy atom. The number of anilines is 1. The molecule has 0 saturated carbocycles. The third-order valence-electron chi connectivity index (χ3n) is 6.53. The summed E-state index contributed by atoms with van der Waals surface area (Å²) < 4.78 is 15.2. The number of nitrogens with two attached hydrogens (primary N) is 1. The topological polar surface area (TPSA) is 97.0 Å². The van der Waals surface area contributed by atoms with Crippen LogP contribution < -0.4 is 11.1 Å². The van der Waals surface area contributed by atoms with Crippen LogP contribution in [0.5, 0.6) is 0 Å². The number of nitrogens with one attached hydrogen (secondary N) is 1. The van der Waals surface area contributed by atoms with Crippen LogP contribution in [0, 0.1) is 11.2 Å². The smallest absolute Gasteiger partial charge is 0.256 e. The molecule has 2 aromatic heterocycles. The summed E-state index contributed by atoms with van der Waals surface area (Å²) >= 11 is 0. The number of halogens is 1. The molecule has 1 aromatic carbocycles. The van der Waals surface area contributed by atoms with Gasteiger partial charge in [-0.3, -0.25) is 4.79 Å². The summed E-state index contributed by atoms with van der Waals surface area (Å²) in [5.74, 6) is -0.378. The molecule has 0 unspecified atom stereocenters. The lowest BCUT2D eigenvalue weighted by Gasteiger charge is -2.39. The standard InChI is InChI=1S/C24H25FN6O/c1-2-19-21(16-4-6-20(26)28-10-16)22(30-14-29-19)15-3-5-17(18(25)9-15)23(32)31-8-7-24(13-31)11-27-12-24/h3-6,9-10,14,27H,2,7-8,11-13H2,1H3,(H2,26,28). The van der Waals surface area contributed by atoms with Gasteiger partial charge in [-0.1, -0.05) is 13.0 Å².